The molecule has 31 heavy (non-hydrogen) atoms. The zero-order valence-electron chi connectivity index (χ0n) is 18.3. The highest BCUT2D eigenvalue weighted by atomic mass is 16.7. The summed E-state index contributed by atoms with van der Waals surface area (Å²) >= 11 is 0. The molecule has 0 amide bonds. The second-order valence-corrected chi connectivity index (χ2v) is 7.64. The number of hydrogen-bond acceptors (Lipinski definition) is 9. The van der Waals surface area contributed by atoms with Crippen LogP contribution in [0.2, 0.25) is 0 Å². The molecule has 0 aromatic heterocycles. The molecule has 4 rings (SSSR count). The van der Waals surface area contributed by atoms with Crippen LogP contribution in [0.3, 0.4) is 0 Å². The second-order valence-electron chi connectivity index (χ2n) is 7.64. The fourth-order valence-corrected chi connectivity index (χ4v) is 4.47. The summed E-state index contributed by atoms with van der Waals surface area (Å²) in [6.07, 6.45) is 3.13. The van der Waals surface area contributed by atoms with Crippen molar-refractivity contribution < 1.29 is 38.1 Å². The summed E-state index contributed by atoms with van der Waals surface area (Å²) in [7, 11) is 6.10. The molecule has 0 bridgehead atoms. The van der Waals surface area contributed by atoms with E-state index < -0.39 is 23.6 Å². The average Bonchev–Trinajstić information content (AvgIpc) is 3.18. The van der Waals surface area contributed by atoms with Crippen LogP contribution in [0.15, 0.2) is 29.4 Å². The number of carbonyl (C=O) groups is 1. The van der Waals surface area contributed by atoms with E-state index in [1.54, 1.807) is 32.2 Å². The molecule has 3 aliphatic rings. The summed E-state index contributed by atoms with van der Waals surface area (Å²) in [5.41, 5.74) is 0.371. The summed E-state index contributed by atoms with van der Waals surface area (Å²) < 4.78 is 34.1. The molecule has 0 saturated carbocycles. The number of oxime groups is 1. The topological polar surface area (TPSA) is 94.0 Å². The van der Waals surface area contributed by atoms with Crippen molar-refractivity contribution in [1.82, 2.24) is 0 Å². The van der Waals surface area contributed by atoms with Gasteiger partial charge in [0.15, 0.2) is 12.1 Å². The van der Waals surface area contributed by atoms with Crippen molar-refractivity contribution in [3.8, 4) is 11.5 Å². The van der Waals surface area contributed by atoms with Gasteiger partial charge in [0.2, 0.25) is 11.4 Å². The first-order valence-electron chi connectivity index (χ1n) is 10.0. The smallest absolute Gasteiger partial charge is 0.232 e. The summed E-state index contributed by atoms with van der Waals surface area (Å²) in [5, 5.41) is 4.35. The second kappa shape index (κ2) is 8.23. The Morgan fingerprint density at radius 3 is 2.39 bits per heavy atom. The van der Waals surface area contributed by atoms with Crippen molar-refractivity contribution in [3.63, 3.8) is 0 Å². The predicted molar refractivity (Wildman–Crippen MR) is 109 cm³/mol. The third-order valence-electron chi connectivity index (χ3n) is 6.11. The third kappa shape index (κ3) is 3.23. The molecule has 168 valence electrons. The number of benzene rings is 1. The normalized spacial score (nSPS) is 27.5. The molecular formula is C22H27NO8. The highest BCUT2D eigenvalue weighted by Gasteiger charge is 2.65. The van der Waals surface area contributed by atoms with Gasteiger partial charge in [0.25, 0.3) is 0 Å². The maximum Gasteiger partial charge on any atom is 0.232 e. The molecule has 0 spiro atoms. The zero-order valence-corrected chi connectivity index (χ0v) is 18.3. The Morgan fingerprint density at radius 2 is 1.77 bits per heavy atom. The van der Waals surface area contributed by atoms with E-state index in [9.17, 15) is 4.79 Å². The first kappa shape index (κ1) is 21.8. The molecule has 1 fully saturated rings. The summed E-state index contributed by atoms with van der Waals surface area (Å²) in [4.78, 5) is 19.0. The van der Waals surface area contributed by atoms with E-state index in [1.807, 2.05) is 0 Å². The van der Waals surface area contributed by atoms with E-state index in [0.29, 0.717) is 41.6 Å². The fraction of sp³-hybridized carbons (Fsp3) is 0.545. The monoisotopic (exact) mass is 433 g/mol. The van der Waals surface area contributed by atoms with Gasteiger partial charge < -0.3 is 33.3 Å². The Labute approximate surface area is 180 Å². The number of nitrogens with zero attached hydrogens (tertiary/aromatic N) is 1. The lowest BCUT2D eigenvalue weighted by Gasteiger charge is -2.44. The SMILES string of the molecule is COc1cc(OC)c(C2=NO[C@@]3(C)[C@@H]2C(=O)C=CC3(OC)OC)c(C2OCCCO2)c1. The van der Waals surface area contributed by atoms with Crippen LogP contribution < -0.4 is 9.47 Å². The lowest BCUT2D eigenvalue weighted by atomic mass is 9.71. The molecule has 1 saturated heterocycles. The van der Waals surface area contributed by atoms with Crippen molar-refractivity contribution in [2.75, 3.05) is 41.7 Å². The molecule has 9 nitrogen and oxygen atoms in total. The number of ketones is 1. The van der Waals surface area contributed by atoms with Crippen molar-refractivity contribution in [3.05, 3.63) is 35.4 Å². The Bertz CT molecular complexity index is 916. The van der Waals surface area contributed by atoms with Crippen LogP contribution in [0.25, 0.3) is 0 Å². The molecule has 1 aliphatic carbocycles. The van der Waals surface area contributed by atoms with Gasteiger partial charge in [0.1, 0.15) is 23.1 Å². The number of methoxy groups -OCH3 is 4. The van der Waals surface area contributed by atoms with Crippen LogP contribution in [-0.2, 0) is 28.6 Å². The Balaban J connectivity index is 1.88. The number of carbonyl (C=O) groups excluding carboxylic acids is 1. The number of allylic oxidation sites excluding steroid dienone is 1. The molecule has 1 aromatic rings. The minimum atomic E-state index is -1.30. The van der Waals surface area contributed by atoms with E-state index in [2.05, 4.69) is 5.16 Å². The average molecular weight is 433 g/mol. The number of fused-ring (bicyclic) bond motifs is 1. The minimum Gasteiger partial charge on any atom is -0.497 e. The highest BCUT2D eigenvalue weighted by Crippen LogP contribution is 2.49. The van der Waals surface area contributed by atoms with E-state index >= 15 is 0 Å². The van der Waals surface area contributed by atoms with Crippen LogP contribution in [-0.4, -0.2) is 64.5 Å². The van der Waals surface area contributed by atoms with Gasteiger partial charge in [-0.25, -0.2) is 0 Å². The highest BCUT2D eigenvalue weighted by molar-refractivity contribution is 6.20. The van der Waals surface area contributed by atoms with E-state index in [-0.39, 0.29) is 5.78 Å². The van der Waals surface area contributed by atoms with Gasteiger partial charge in [-0.05, 0) is 31.6 Å². The molecule has 2 aliphatic heterocycles. The molecule has 1 aromatic carbocycles. The lowest BCUT2D eigenvalue weighted by molar-refractivity contribution is -0.283. The summed E-state index contributed by atoms with van der Waals surface area (Å²) in [6, 6.07) is 3.53. The minimum absolute atomic E-state index is 0.183. The number of ether oxygens (including phenoxy) is 6. The van der Waals surface area contributed by atoms with Crippen molar-refractivity contribution in [2.45, 2.75) is 31.0 Å². The largest absolute Gasteiger partial charge is 0.497 e. The first-order chi connectivity index (χ1) is 14.9. The van der Waals surface area contributed by atoms with Gasteiger partial charge in [-0.1, -0.05) is 5.16 Å². The molecule has 0 radical (unpaired) electrons. The Hall–Kier alpha value is -2.46. The predicted octanol–water partition coefficient (Wildman–Crippen LogP) is 2.38. The van der Waals surface area contributed by atoms with Gasteiger partial charge in [-0.15, -0.1) is 0 Å². The number of hydrogen-bond donors (Lipinski definition) is 0. The first-order valence-corrected chi connectivity index (χ1v) is 10.0. The van der Waals surface area contributed by atoms with E-state index in [0.717, 1.165) is 6.42 Å². The van der Waals surface area contributed by atoms with Crippen molar-refractivity contribution in [1.29, 1.82) is 0 Å². The lowest BCUT2D eigenvalue weighted by Crippen LogP contribution is -2.62. The Morgan fingerprint density at radius 1 is 1.06 bits per heavy atom. The molecular weight excluding hydrogens is 406 g/mol. The third-order valence-corrected chi connectivity index (χ3v) is 6.11. The fourth-order valence-electron chi connectivity index (χ4n) is 4.47. The summed E-state index contributed by atoms with van der Waals surface area (Å²) in [5.74, 6) is -1.26. The molecule has 0 N–H and O–H groups in total. The van der Waals surface area contributed by atoms with Gasteiger partial charge in [-0.2, -0.15) is 0 Å². The maximum atomic E-state index is 13.1. The van der Waals surface area contributed by atoms with Crippen LogP contribution in [0.1, 0.15) is 30.8 Å². The van der Waals surface area contributed by atoms with Gasteiger partial charge in [0, 0.05) is 25.8 Å². The van der Waals surface area contributed by atoms with Crippen LogP contribution in [0.5, 0.6) is 11.5 Å². The van der Waals surface area contributed by atoms with Crippen LogP contribution in [0.4, 0.5) is 0 Å². The standard InChI is InChI=1S/C22H27NO8/c1-21-18(15(24)7-8-22(21,27-4)28-5)19(23-31-21)17-14(20-29-9-6-10-30-20)11-13(25-2)12-16(17)26-3/h7-8,11-12,18,20H,6,9-10H2,1-5H3/t18-,21+/m1/s1. The summed E-state index contributed by atoms with van der Waals surface area (Å²) in [6.45, 7) is 2.84. The number of rotatable bonds is 6. The molecule has 2 heterocycles. The molecule has 0 unspecified atom stereocenters. The van der Waals surface area contributed by atoms with Gasteiger partial charge in [-0.3, -0.25) is 4.79 Å². The van der Waals surface area contributed by atoms with Gasteiger partial charge >= 0.3 is 0 Å². The molecule has 2 atom stereocenters. The van der Waals surface area contributed by atoms with Gasteiger partial charge in [0.05, 0.1) is 33.0 Å². The zero-order chi connectivity index (χ0) is 22.2. The van der Waals surface area contributed by atoms with Crippen LogP contribution >= 0.6 is 0 Å². The Kier molecular flexibility index (Phi) is 5.78. The molecule has 9 heteroatoms. The van der Waals surface area contributed by atoms with Crippen molar-refractivity contribution >= 4 is 11.5 Å². The quantitative estimate of drug-likeness (QED) is 0.632. The van der Waals surface area contributed by atoms with Crippen molar-refractivity contribution in [2.24, 2.45) is 11.1 Å². The van der Waals surface area contributed by atoms with Crippen LogP contribution in [0, 0.1) is 5.92 Å². The maximum absolute atomic E-state index is 13.1. The van der Waals surface area contributed by atoms with E-state index in [4.69, 9.17) is 33.3 Å². The van der Waals surface area contributed by atoms with E-state index in [1.165, 1.54) is 27.4 Å².